The van der Waals surface area contributed by atoms with Crippen LogP contribution in [0.5, 0.6) is 0 Å². The molecule has 0 spiro atoms. The van der Waals surface area contributed by atoms with Gasteiger partial charge in [-0.05, 0) is 23.6 Å². The van der Waals surface area contributed by atoms with Crippen LogP contribution in [-0.2, 0) is 4.79 Å². The molecule has 8 heteroatoms. The van der Waals surface area contributed by atoms with Crippen molar-refractivity contribution < 1.29 is 9.21 Å². The molecule has 1 aromatic carbocycles. The number of benzene rings is 1. The molecular formula is C13H12N6O2. The number of hydrogen-bond acceptors (Lipinski definition) is 5. The summed E-state index contributed by atoms with van der Waals surface area (Å²) in [4.78, 5) is 16.1. The van der Waals surface area contributed by atoms with Crippen LogP contribution in [-0.4, -0.2) is 29.2 Å². The number of amides is 1. The highest BCUT2D eigenvalue weighted by Crippen LogP contribution is 2.27. The molecule has 1 amide bonds. The number of rotatable bonds is 4. The van der Waals surface area contributed by atoms with Gasteiger partial charge < -0.3 is 4.42 Å². The SMILES string of the molecule is [N-]=[N+]=NCC1CC(=O)N(c2nnc(-c3ccccc3)o2)C1. The van der Waals surface area contributed by atoms with Crippen molar-refractivity contribution in [2.24, 2.45) is 11.0 Å². The average Bonchev–Trinajstić information content (AvgIpc) is 3.12. The standard InChI is InChI=1S/C13H12N6O2/c14-18-15-7-9-6-11(20)19(8-9)13-17-16-12(21-13)10-4-2-1-3-5-10/h1-5,9H,6-8H2. The molecule has 1 aliphatic heterocycles. The molecule has 0 bridgehead atoms. The lowest BCUT2D eigenvalue weighted by molar-refractivity contribution is -0.117. The fraction of sp³-hybridized carbons (Fsp3) is 0.308. The summed E-state index contributed by atoms with van der Waals surface area (Å²) < 4.78 is 5.56. The van der Waals surface area contributed by atoms with Gasteiger partial charge in [0.15, 0.2) is 0 Å². The van der Waals surface area contributed by atoms with Crippen LogP contribution in [0.15, 0.2) is 39.9 Å². The van der Waals surface area contributed by atoms with Crippen molar-refractivity contribution in [1.82, 2.24) is 10.2 Å². The predicted octanol–water partition coefficient (Wildman–Crippen LogP) is 2.40. The molecule has 21 heavy (non-hydrogen) atoms. The fourth-order valence-electron chi connectivity index (χ4n) is 2.26. The van der Waals surface area contributed by atoms with Crippen LogP contribution >= 0.6 is 0 Å². The zero-order valence-corrected chi connectivity index (χ0v) is 11.1. The molecule has 2 heterocycles. The molecule has 0 saturated carbocycles. The van der Waals surface area contributed by atoms with Crippen LogP contribution in [0.4, 0.5) is 6.01 Å². The van der Waals surface area contributed by atoms with Gasteiger partial charge in [-0.15, -0.1) is 5.10 Å². The topological polar surface area (TPSA) is 108 Å². The minimum atomic E-state index is -0.101. The number of carbonyl (C=O) groups is 1. The van der Waals surface area contributed by atoms with E-state index in [9.17, 15) is 4.79 Å². The summed E-state index contributed by atoms with van der Waals surface area (Å²) >= 11 is 0. The second kappa shape index (κ2) is 5.64. The Bertz CT molecular complexity index is 692. The van der Waals surface area contributed by atoms with Crippen molar-refractivity contribution in [3.63, 3.8) is 0 Å². The molecule has 8 nitrogen and oxygen atoms in total. The highest BCUT2D eigenvalue weighted by atomic mass is 16.4. The lowest BCUT2D eigenvalue weighted by atomic mass is 10.1. The predicted molar refractivity (Wildman–Crippen MR) is 74.2 cm³/mol. The van der Waals surface area contributed by atoms with E-state index in [0.717, 1.165) is 5.56 Å². The maximum atomic E-state index is 12.0. The van der Waals surface area contributed by atoms with Gasteiger partial charge in [0.1, 0.15) is 0 Å². The second-order valence-electron chi connectivity index (χ2n) is 4.74. The first kappa shape index (κ1) is 13.1. The number of aromatic nitrogens is 2. The lowest BCUT2D eigenvalue weighted by Crippen LogP contribution is -2.25. The molecule has 1 aromatic heterocycles. The minimum absolute atomic E-state index is 0.0134. The monoisotopic (exact) mass is 284 g/mol. The van der Waals surface area contributed by atoms with Crippen LogP contribution in [0.2, 0.25) is 0 Å². The Balaban J connectivity index is 1.77. The Labute approximate surface area is 120 Å². The van der Waals surface area contributed by atoms with Gasteiger partial charge in [0.25, 0.3) is 0 Å². The number of anilines is 1. The van der Waals surface area contributed by atoms with E-state index in [2.05, 4.69) is 20.2 Å². The Kier molecular flexibility index (Phi) is 3.53. The van der Waals surface area contributed by atoms with E-state index in [1.807, 2.05) is 30.3 Å². The Morgan fingerprint density at radius 3 is 2.95 bits per heavy atom. The van der Waals surface area contributed by atoms with E-state index >= 15 is 0 Å². The number of azide groups is 1. The van der Waals surface area contributed by atoms with Crippen LogP contribution < -0.4 is 4.90 Å². The molecule has 0 radical (unpaired) electrons. The first-order valence-corrected chi connectivity index (χ1v) is 6.48. The smallest absolute Gasteiger partial charge is 0.325 e. The van der Waals surface area contributed by atoms with Crippen LogP contribution in [0, 0.1) is 5.92 Å². The summed E-state index contributed by atoms with van der Waals surface area (Å²) in [6.07, 6.45) is 0.321. The quantitative estimate of drug-likeness (QED) is 0.487. The summed E-state index contributed by atoms with van der Waals surface area (Å²) in [5.41, 5.74) is 9.12. The Morgan fingerprint density at radius 1 is 1.38 bits per heavy atom. The van der Waals surface area contributed by atoms with Gasteiger partial charge in [-0.1, -0.05) is 28.4 Å². The average molecular weight is 284 g/mol. The van der Waals surface area contributed by atoms with Gasteiger partial charge in [-0.2, -0.15) is 0 Å². The molecule has 0 aliphatic carbocycles. The van der Waals surface area contributed by atoms with E-state index in [-0.39, 0.29) is 17.8 Å². The largest absolute Gasteiger partial charge is 0.403 e. The molecule has 2 aromatic rings. The molecule has 1 unspecified atom stereocenters. The van der Waals surface area contributed by atoms with E-state index in [4.69, 9.17) is 9.95 Å². The van der Waals surface area contributed by atoms with Gasteiger partial charge in [-0.25, -0.2) is 0 Å². The summed E-state index contributed by atoms with van der Waals surface area (Å²) in [5.74, 6) is 0.258. The second-order valence-corrected chi connectivity index (χ2v) is 4.74. The molecule has 3 rings (SSSR count). The molecule has 0 N–H and O–H groups in total. The van der Waals surface area contributed by atoms with Gasteiger partial charge in [-0.3, -0.25) is 9.69 Å². The Hall–Kier alpha value is -2.86. The maximum absolute atomic E-state index is 12.0. The molecule has 1 aliphatic rings. The highest BCUT2D eigenvalue weighted by molar-refractivity contribution is 5.93. The third-order valence-electron chi connectivity index (χ3n) is 3.27. The number of nitrogens with zero attached hydrogens (tertiary/aromatic N) is 6. The van der Waals surface area contributed by atoms with Crippen molar-refractivity contribution in [2.45, 2.75) is 6.42 Å². The van der Waals surface area contributed by atoms with E-state index in [1.165, 1.54) is 4.90 Å². The van der Waals surface area contributed by atoms with Crippen molar-refractivity contribution >= 4 is 11.9 Å². The zero-order chi connectivity index (χ0) is 14.7. The number of hydrogen-bond donors (Lipinski definition) is 0. The van der Waals surface area contributed by atoms with E-state index < -0.39 is 0 Å². The summed E-state index contributed by atoms with van der Waals surface area (Å²) in [6, 6.07) is 9.53. The molecule has 106 valence electrons. The first-order chi connectivity index (χ1) is 10.3. The van der Waals surface area contributed by atoms with Crippen LogP contribution in [0.25, 0.3) is 21.9 Å². The normalized spacial score (nSPS) is 17.8. The third-order valence-corrected chi connectivity index (χ3v) is 3.27. The van der Waals surface area contributed by atoms with Crippen molar-refractivity contribution in [3.8, 4) is 11.5 Å². The van der Waals surface area contributed by atoms with Gasteiger partial charge in [0.05, 0.1) is 0 Å². The molecule has 1 saturated heterocycles. The van der Waals surface area contributed by atoms with Crippen molar-refractivity contribution in [3.05, 3.63) is 40.8 Å². The number of carbonyl (C=O) groups excluding carboxylic acids is 1. The summed E-state index contributed by atoms with van der Waals surface area (Å²) in [6.45, 7) is 0.715. The molecular weight excluding hydrogens is 272 g/mol. The molecule has 1 atom stereocenters. The minimum Gasteiger partial charge on any atom is -0.403 e. The molecule has 1 fully saturated rings. The van der Waals surface area contributed by atoms with Gasteiger partial charge in [0.2, 0.25) is 11.8 Å². The van der Waals surface area contributed by atoms with Crippen molar-refractivity contribution in [2.75, 3.05) is 18.0 Å². The van der Waals surface area contributed by atoms with Crippen LogP contribution in [0.3, 0.4) is 0 Å². The summed E-state index contributed by atoms with van der Waals surface area (Å²) in [5, 5.41) is 11.4. The van der Waals surface area contributed by atoms with E-state index in [1.54, 1.807) is 0 Å². The van der Waals surface area contributed by atoms with E-state index in [0.29, 0.717) is 25.4 Å². The Morgan fingerprint density at radius 2 is 2.19 bits per heavy atom. The van der Waals surface area contributed by atoms with Crippen LogP contribution in [0.1, 0.15) is 6.42 Å². The summed E-state index contributed by atoms with van der Waals surface area (Å²) in [7, 11) is 0. The third kappa shape index (κ3) is 2.70. The highest BCUT2D eigenvalue weighted by Gasteiger charge is 2.33. The first-order valence-electron chi connectivity index (χ1n) is 6.48. The zero-order valence-electron chi connectivity index (χ0n) is 11.1. The van der Waals surface area contributed by atoms with Gasteiger partial charge >= 0.3 is 6.01 Å². The maximum Gasteiger partial charge on any atom is 0.325 e. The lowest BCUT2D eigenvalue weighted by Gasteiger charge is -2.09. The van der Waals surface area contributed by atoms with Gasteiger partial charge in [0, 0.05) is 30.0 Å². The fourth-order valence-corrected chi connectivity index (χ4v) is 2.26. The van der Waals surface area contributed by atoms with Crippen molar-refractivity contribution in [1.29, 1.82) is 0 Å².